The van der Waals surface area contributed by atoms with Crippen LogP contribution in [0, 0.1) is 11.8 Å². The number of hydrogen-bond donors (Lipinski definition) is 2. The molecule has 172 valence electrons. The standard InChI is InChI=1S/C13H21NO4.C8H13NO2.ClH/c1-6-9-8-13(9,10(15)17-7-2)14-11(16)18-12(3,4)5;1-3-6-5-8(6,9)7(10)11-4-2;/h6,9H,1,7-8H2,2-5H3,(H,14,16);3,6H,1,4-5,9H2,2H3;1H/t9?,13-;6?,8-;/m11./s1. The third-order valence-corrected chi connectivity index (χ3v) is 4.66. The Kier molecular flexibility index (Phi) is 10.1. The van der Waals surface area contributed by atoms with E-state index in [0.717, 1.165) is 0 Å². The summed E-state index contributed by atoms with van der Waals surface area (Å²) in [5.41, 5.74) is 3.35. The Bertz CT molecular complexity index is 662. The molecule has 0 saturated heterocycles. The van der Waals surface area contributed by atoms with Crippen molar-refractivity contribution in [2.45, 2.75) is 64.1 Å². The van der Waals surface area contributed by atoms with E-state index >= 15 is 0 Å². The number of amides is 1. The molecule has 8 nitrogen and oxygen atoms in total. The number of carbonyl (C=O) groups excluding carboxylic acids is 3. The first kappa shape index (κ1) is 27.9. The Hall–Kier alpha value is -2.06. The molecule has 0 spiro atoms. The molecular formula is C21H35ClN2O6. The summed E-state index contributed by atoms with van der Waals surface area (Å²) in [6.45, 7) is 16.7. The Morgan fingerprint density at radius 3 is 1.90 bits per heavy atom. The lowest BCUT2D eigenvalue weighted by Crippen LogP contribution is -2.47. The van der Waals surface area contributed by atoms with Gasteiger partial charge in [-0.3, -0.25) is 4.79 Å². The van der Waals surface area contributed by atoms with Gasteiger partial charge < -0.3 is 25.3 Å². The molecule has 30 heavy (non-hydrogen) atoms. The van der Waals surface area contributed by atoms with Crippen molar-refractivity contribution in [3.8, 4) is 0 Å². The third-order valence-electron chi connectivity index (χ3n) is 4.66. The van der Waals surface area contributed by atoms with Gasteiger partial charge >= 0.3 is 18.0 Å². The first-order valence-corrected chi connectivity index (χ1v) is 9.79. The van der Waals surface area contributed by atoms with E-state index in [4.69, 9.17) is 19.9 Å². The number of rotatable bonds is 7. The first-order chi connectivity index (χ1) is 13.4. The highest BCUT2D eigenvalue weighted by Crippen LogP contribution is 2.45. The molecule has 2 saturated carbocycles. The van der Waals surface area contributed by atoms with Crippen LogP contribution in [0.25, 0.3) is 0 Å². The summed E-state index contributed by atoms with van der Waals surface area (Å²) in [6.07, 6.45) is 3.93. The van der Waals surface area contributed by atoms with Crippen molar-refractivity contribution < 1.29 is 28.6 Å². The van der Waals surface area contributed by atoms with Crippen molar-refractivity contribution in [1.29, 1.82) is 0 Å². The van der Waals surface area contributed by atoms with Gasteiger partial charge in [0.1, 0.15) is 16.7 Å². The van der Waals surface area contributed by atoms with E-state index < -0.39 is 28.7 Å². The fourth-order valence-electron chi connectivity index (χ4n) is 2.85. The van der Waals surface area contributed by atoms with Gasteiger partial charge in [0.15, 0.2) is 0 Å². The molecule has 0 heterocycles. The van der Waals surface area contributed by atoms with Crippen LogP contribution in [0.5, 0.6) is 0 Å². The van der Waals surface area contributed by atoms with Crippen LogP contribution in [-0.2, 0) is 23.8 Å². The molecule has 2 aliphatic rings. The summed E-state index contributed by atoms with van der Waals surface area (Å²) in [6, 6.07) is 0. The van der Waals surface area contributed by atoms with Gasteiger partial charge in [0.25, 0.3) is 0 Å². The number of halogens is 1. The second-order valence-electron chi connectivity index (χ2n) is 8.17. The van der Waals surface area contributed by atoms with Crippen LogP contribution in [0.2, 0.25) is 0 Å². The average Bonchev–Trinajstić information content (AvgIpc) is 3.49. The summed E-state index contributed by atoms with van der Waals surface area (Å²) in [7, 11) is 0. The SMILES string of the molecule is C=CC1C[C@]1(N)C(=O)OCC.C=CC1C[C@]1(NC(=O)OC(C)(C)C)C(=O)OCC.Cl. The minimum absolute atomic E-state index is 0. The van der Waals surface area contributed by atoms with Crippen LogP contribution >= 0.6 is 12.4 Å². The second kappa shape index (κ2) is 10.8. The van der Waals surface area contributed by atoms with E-state index in [-0.39, 0.29) is 36.8 Å². The van der Waals surface area contributed by atoms with Crippen LogP contribution in [0.1, 0.15) is 47.5 Å². The van der Waals surface area contributed by atoms with Crippen LogP contribution in [0.3, 0.4) is 0 Å². The number of hydrogen-bond acceptors (Lipinski definition) is 7. The molecule has 4 atom stereocenters. The average molecular weight is 447 g/mol. The number of esters is 2. The number of ether oxygens (including phenoxy) is 3. The van der Waals surface area contributed by atoms with Gasteiger partial charge in [-0.15, -0.1) is 25.6 Å². The Balaban J connectivity index is 0.000000603. The summed E-state index contributed by atoms with van der Waals surface area (Å²) < 4.78 is 14.9. The van der Waals surface area contributed by atoms with Crippen molar-refractivity contribution >= 4 is 30.4 Å². The third kappa shape index (κ3) is 7.02. The van der Waals surface area contributed by atoms with Crippen LogP contribution in [0.4, 0.5) is 4.79 Å². The topological polar surface area (TPSA) is 117 Å². The maximum atomic E-state index is 11.9. The molecule has 0 aliphatic heterocycles. The molecule has 2 fully saturated rings. The minimum Gasteiger partial charge on any atom is -0.465 e. The number of nitrogens with one attached hydrogen (secondary N) is 1. The van der Waals surface area contributed by atoms with Crippen molar-refractivity contribution in [2.75, 3.05) is 13.2 Å². The largest absolute Gasteiger partial charge is 0.465 e. The van der Waals surface area contributed by atoms with E-state index in [2.05, 4.69) is 18.5 Å². The lowest BCUT2D eigenvalue weighted by Gasteiger charge is -2.23. The summed E-state index contributed by atoms with van der Waals surface area (Å²) in [5, 5.41) is 2.60. The fourth-order valence-corrected chi connectivity index (χ4v) is 2.85. The molecular weight excluding hydrogens is 412 g/mol. The van der Waals surface area contributed by atoms with Crippen LogP contribution in [-0.4, -0.2) is 47.9 Å². The summed E-state index contributed by atoms with van der Waals surface area (Å²) >= 11 is 0. The van der Waals surface area contributed by atoms with Crippen molar-refractivity contribution in [1.82, 2.24) is 5.32 Å². The molecule has 0 aromatic heterocycles. The summed E-state index contributed by atoms with van der Waals surface area (Å²) in [5.74, 6) is -0.712. The zero-order valence-corrected chi connectivity index (χ0v) is 19.3. The van der Waals surface area contributed by atoms with Crippen molar-refractivity contribution in [2.24, 2.45) is 17.6 Å². The normalized spacial score (nSPS) is 28.3. The first-order valence-electron chi connectivity index (χ1n) is 9.79. The van der Waals surface area contributed by atoms with E-state index in [0.29, 0.717) is 19.4 Å². The maximum Gasteiger partial charge on any atom is 0.408 e. The number of alkyl carbamates (subject to hydrolysis) is 1. The zero-order chi connectivity index (χ0) is 22.5. The lowest BCUT2D eigenvalue weighted by molar-refractivity contribution is -0.147. The molecule has 0 aromatic rings. The van der Waals surface area contributed by atoms with Crippen LogP contribution < -0.4 is 11.1 Å². The second-order valence-corrected chi connectivity index (χ2v) is 8.17. The van der Waals surface area contributed by atoms with E-state index in [9.17, 15) is 14.4 Å². The number of nitrogens with two attached hydrogens (primary N) is 1. The van der Waals surface area contributed by atoms with Gasteiger partial charge in [-0.1, -0.05) is 12.2 Å². The highest BCUT2D eigenvalue weighted by Gasteiger charge is 2.61. The highest BCUT2D eigenvalue weighted by atomic mass is 35.5. The van der Waals surface area contributed by atoms with E-state index in [1.165, 1.54) is 0 Å². The molecule has 2 unspecified atom stereocenters. The lowest BCUT2D eigenvalue weighted by atomic mass is 10.2. The van der Waals surface area contributed by atoms with E-state index in [1.54, 1.807) is 46.8 Å². The molecule has 9 heteroatoms. The molecule has 2 aliphatic carbocycles. The van der Waals surface area contributed by atoms with Gasteiger partial charge in [-0.25, -0.2) is 9.59 Å². The Morgan fingerprint density at radius 1 is 1.03 bits per heavy atom. The Labute approximate surface area is 185 Å². The van der Waals surface area contributed by atoms with Gasteiger partial charge in [0.05, 0.1) is 13.2 Å². The molecule has 0 radical (unpaired) electrons. The molecule has 0 bridgehead atoms. The van der Waals surface area contributed by atoms with Gasteiger partial charge in [-0.05, 0) is 47.5 Å². The van der Waals surface area contributed by atoms with Gasteiger partial charge in [0.2, 0.25) is 0 Å². The predicted octanol–water partition coefficient (Wildman–Crippen LogP) is 2.89. The van der Waals surface area contributed by atoms with Gasteiger partial charge in [0, 0.05) is 11.8 Å². The predicted molar refractivity (Wildman–Crippen MR) is 116 cm³/mol. The van der Waals surface area contributed by atoms with Crippen molar-refractivity contribution in [3.05, 3.63) is 25.3 Å². The van der Waals surface area contributed by atoms with Crippen molar-refractivity contribution in [3.63, 3.8) is 0 Å². The van der Waals surface area contributed by atoms with E-state index in [1.807, 2.05) is 0 Å². The molecule has 3 N–H and O–H groups in total. The Morgan fingerprint density at radius 2 is 1.53 bits per heavy atom. The molecule has 0 aromatic carbocycles. The van der Waals surface area contributed by atoms with Crippen LogP contribution in [0.15, 0.2) is 25.3 Å². The summed E-state index contributed by atoms with van der Waals surface area (Å²) in [4.78, 5) is 34.7. The monoisotopic (exact) mass is 446 g/mol. The van der Waals surface area contributed by atoms with Gasteiger partial charge in [-0.2, -0.15) is 0 Å². The molecule has 2 rings (SSSR count). The fraction of sp³-hybridized carbons (Fsp3) is 0.667. The zero-order valence-electron chi connectivity index (χ0n) is 18.5. The highest BCUT2D eigenvalue weighted by molar-refractivity contribution is 5.90. The molecule has 1 amide bonds. The maximum absolute atomic E-state index is 11.9. The quantitative estimate of drug-likeness (QED) is 0.350. The smallest absolute Gasteiger partial charge is 0.408 e. The number of carbonyl (C=O) groups is 3. The minimum atomic E-state index is -0.986.